The van der Waals surface area contributed by atoms with Crippen molar-refractivity contribution in [3.05, 3.63) is 54.4 Å². The van der Waals surface area contributed by atoms with E-state index < -0.39 is 6.04 Å². The molecule has 2 aromatic carbocycles. The van der Waals surface area contributed by atoms with Gasteiger partial charge in [-0.3, -0.25) is 4.79 Å². The number of ether oxygens (including phenoxy) is 1. The molecule has 1 aliphatic rings. The van der Waals surface area contributed by atoms with Gasteiger partial charge in [0.1, 0.15) is 5.82 Å². The molecule has 2 atom stereocenters. The number of amides is 3. The Morgan fingerprint density at radius 2 is 2.00 bits per heavy atom. The second-order valence-corrected chi connectivity index (χ2v) is 10.5. The Morgan fingerprint density at radius 1 is 1.21 bits per heavy atom. The molecule has 0 unspecified atom stereocenters. The average Bonchev–Trinajstić information content (AvgIpc) is 3.31. The topological polar surface area (TPSA) is 115 Å². The Labute approximate surface area is 228 Å². The third-order valence-corrected chi connectivity index (χ3v) is 7.67. The average molecular weight is 539 g/mol. The number of piperidine rings is 1. The Morgan fingerprint density at radius 3 is 2.82 bits per heavy atom. The number of nitrogens with one attached hydrogen (secondary N) is 2. The first kappa shape index (κ1) is 27.9. The van der Waals surface area contributed by atoms with E-state index in [0.29, 0.717) is 19.7 Å². The van der Waals surface area contributed by atoms with E-state index in [1.807, 2.05) is 53.6 Å². The van der Waals surface area contributed by atoms with Crippen molar-refractivity contribution in [2.24, 2.45) is 5.73 Å². The van der Waals surface area contributed by atoms with Crippen LogP contribution in [0.1, 0.15) is 37.4 Å². The number of benzene rings is 2. The predicted octanol–water partition coefficient (Wildman–Crippen LogP) is 4.04. The minimum Gasteiger partial charge on any atom is -0.385 e. The van der Waals surface area contributed by atoms with Gasteiger partial charge in [0.2, 0.25) is 5.91 Å². The number of carbonyl (C=O) groups is 2. The van der Waals surface area contributed by atoms with E-state index in [-0.39, 0.29) is 30.8 Å². The highest BCUT2D eigenvalue weighted by atomic mass is 32.2. The quantitative estimate of drug-likeness (QED) is 0.251. The van der Waals surface area contributed by atoms with Gasteiger partial charge >= 0.3 is 6.03 Å². The van der Waals surface area contributed by atoms with E-state index in [1.165, 1.54) is 0 Å². The Hall–Kier alpha value is -3.08. The summed E-state index contributed by atoms with van der Waals surface area (Å²) < 4.78 is 7.56. The summed E-state index contributed by atoms with van der Waals surface area (Å²) >= 11 is 1.56. The van der Waals surface area contributed by atoms with Crippen molar-refractivity contribution in [1.82, 2.24) is 19.8 Å². The number of hydrogen-bond donors (Lipinski definition) is 3. The van der Waals surface area contributed by atoms with Crippen LogP contribution in [0.4, 0.5) is 10.5 Å². The van der Waals surface area contributed by atoms with Crippen molar-refractivity contribution >= 4 is 40.4 Å². The minimum absolute atomic E-state index is 0.0131. The third kappa shape index (κ3) is 7.06. The third-order valence-electron chi connectivity index (χ3n) is 6.87. The van der Waals surface area contributed by atoms with Crippen LogP contribution < -0.4 is 16.4 Å². The van der Waals surface area contributed by atoms with Crippen molar-refractivity contribution in [3.8, 4) is 0 Å². The largest absolute Gasteiger partial charge is 0.385 e. The first-order valence-corrected chi connectivity index (χ1v) is 14.4. The maximum absolute atomic E-state index is 13.1. The highest BCUT2D eigenvalue weighted by Gasteiger charge is 2.29. The van der Waals surface area contributed by atoms with Gasteiger partial charge in [-0.2, -0.15) is 0 Å². The molecule has 1 aromatic heterocycles. The number of hydrogen-bond acceptors (Lipinski definition) is 6. The fraction of sp³-hybridized carbons (Fsp3) is 0.464. The van der Waals surface area contributed by atoms with Crippen molar-refractivity contribution in [3.63, 3.8) is 0 Å². The summed E-state index contributed by atoms with van der Waals surface area (Å²) in [7, 11) is 1.72. The van der Waals surface area contributed by atoms with Crippen LogP contribution in [-0.4, -0.2) is 72.0 Å². The van der Waals surface area contributed by atoms with E-state index >= 15 is 0 Å². The van der Waals surface area contributed by atoms with Crippen LogP contribution in [0.5, 0.6) is 0 Å². The molecule has 0 saturated carbocycles. The number of anilines is 1. The molecule has 38 heavy (non-hydrogen) atoms. The number of carbonyl (C=O) groups excluding carboxylic acids is 2. The van der Waals surface area contributed by atoms with E-state index in [4.69, 9.17) is 15.5 Å². The van der Waals surface area contributed by atoms with Gasteiger partial charge < -0.3 is 30.6 Å². The molecular weight excluding hydrogens is 500 g/mol. The predicted molar refractivity (Wildman–Crippen MR) is 153 cm³/mol. The maximum Gasteiger partial charge on any atom is 0.319 e. The van der Waals surface area contributed by atoms with Crippen LogP contribution in [0.3, 0.4) is 0 Å². The van der Waals surface area contributed by atoms with Gasteiger partial charge in [-0.1, -0.05) is 24.3 Å². The zero-order valence-corrected chi connectivity index (χ0v) is 23.0. The standard InChI is InChI=1S/C28H38N6O3S/c1-37-16-8-15-34-24-12-5-3-10-22(24)31-27(34)20-9-7-14-33(19-20)26(35)17-21(29)18-30-28(36)32-23-11-4-6-13-25(23)38-2/h3-6,10-13,20-21H,7-9,14-19,29H2,1-2H3,(H2,30,32,36)/t20-,21+/m1/s1. The highest BCUT2D eigenvalue weighted by molar-refractivity contribution is 7.98. The van der Waals surface area contributed by atoms with Crippen LogP contribution in [0.25, 0.3) is 11.0 Å². The van der Waals surface area contributed by atoms with Crippen LogP contribution >= 0.6 is 11.8 Å². The maximum atomic E-state index is 13.1. The number of methoxy groups -OCH3 is 1. The van der Waals surface area contributed by atoms with E-state index in [2.05, 4.69) is 21.3 Å². The zero-order valence-electron chi connectivity index (χ0n) is 22.2. The van der Waals surface area contributed by atoms with Gasteiger partial charge in [0.25, 0.3) is 0 Å². The summed E-state index contributed by atoms with van der Waals surface area (Å²) in [6.45, 7) is 3.07. The number of likely N-dealkylation sites (tertiary alicyclic amines) is 1. The van der Waals surface area contributed by atoms with Crippen LogP contribution in [-0.2, 0) is 16.1 Å². The van der Waals surface area contributed by atoms with E-state index in [0.717, 1.165) is 53.2 Å². The lowest BCUT2D eigenvalue weighted by molar-refractivity contribution is -0.132. The SMILES string of the molecule is COCCCn1c([C@@H]2CCCN(C(=O)C[C@H](N)CNC(=O)Nc3ccccc3SC)C2)nc2ccccc21. The van der Waals surface area contributed by atoms with Gasteiger partial charge in [-0.15, -0.1) is 11.8 Å². The second kappa shape index (κ2) is 13.6. The fourth-order valence-electron chi connectivity index (χ4n) is 4.99. The molecule has 1 aliphatic heterocycles. The molecule has 4 rings (SSSR count). The molecule has 1 fully saturated rings. The number of aryl methyl sites for hydroxylation is 1. The molecule has 204 valence electrons. The van der Waals surface area contributed by atoms with E-state index in [9.17, 15) is 9.59 Å². The van der Waals surface area contributed by atoms with Crippen LogP contribution in [0.15, 0.2) is 53.4 Å². The van der Waals surface area contributed by atoms with Crippen molar-refractivity contribution in [2.75, 3.05) is 44.9 Å². The number of thioether (sulfide) groups is 1. The number of nitrogens with zero attached hydrogens (tertiary/aromatic N) is 3. The van der Waals surface area contributed by atoms with Gasteiger partial charge in [0.05, 0.1) is 16.7 Å². The number of para-hydroxylation sites is 3. The molecular formula is C28H38N6O3S. The Kier molecular flexibility index (Phi) is 10.0. The van der Waals surface area contributed by atoms with Crippen molar-refractivity contribution < 1.29 is 14.3 Å². The molecule has 3 amide bonds. The molecule has 4 N–H and O–H groups in total. The molecule has 0 bridgehead atoms. The number of aromatic nitrogens is 2. The van der Waals surface area contributed by atoms with E-state index in [1.54, 1.807) is 18.9 Å². The highest BCUT2D eigenvalue weighted by Crippen LogP contribution is 2.30. The molecule has 1 saturated heterocycles. The lowest BCUT2D eigenvalue weighted by atomic mass is 9.96. The summed E-state index contributed by atoms with van der Waals surface area (Å²) in [5.41, 5.74) is 9.09. The zero-order chi connectivity index (χ0) is 26.9. The molecule has 0 aliphatic carbocycles. The minimum atomic E-state index is -0.469. The number of fused-ring (bicyclic) bond motifs is 1. The normalized spacial score (nSPS) is 16.4. The molecule has 3 aromatic rings. The fourth-order valence-corrected chi connectivity index (χ4v) is 5.54. The Bertz CT molecular complexity index is 1230. The summed E-state index contributed by atoms with van der Waals surface area (Å²) in [6, 6.07) is 15.0. The summed E-state index contributed by atoms with van der Waals surface area (Å²) in [5.74, 6) is 1.21. The first-order chi connectivity index (χ1) is 18.5. The van der Waals surface area contributed by atoms with Crippen molar-refractivity contribution in [2.45, 2.75) is 49.1 Å². The van der Waals surface area contributed by atoms with Crippen LogP contribution in [0, 0.1) is 0 Å². The number of urea groups is 1. The van der Waals surface area contributed by atoms with Gasteiger partial charge in [0.15, 0.2) is 0 Å². The monoisotopic (exact) mass is 538 g/mol. The number of rotatable bonds is 11. The summed E-state index contributed by atoms with van der Waals surface area (Å²) in [4.78, 5) is 33.4. The molecule has 0 spiro atoms. The van der Waals surface area contributed by atoms with Crippen LogP contribution in [0.2, 0.25) is 0 Å². The molecule has 9 nitrogen and oxygen atoms in total. The van der Waals surface area contributed by atoms with Gasteiger partial charge in [-0.05, 0) is 49.8 Å². The first-order valence-electron chi connectivity index (χ1n) is 13.2. The van der Waals surface area contributed by atoms with Crippen molar-refractivity contribution in [1.29, 1.82) is 0 Å². The lowest BCUT2D eigenvalue weighted by Gasteiger charge is -2.33. The van der Waals surface area contributed by atoms with Gasteiger partial charge in [0, 0.05) is 63.2 Å². The summed E-state index contributed by atoms with van der Waals surface area (Å²) in [6.07, 6.45) is 4.95. The summed E-state index contributed by atoms with van der Waals surface area (Å²) in [5, 5.41) is 5.65. The van der Waals surface area contributed by atoms with Gasteiger partial charge in [-0.25, -0.2) is 9.78 Å². The second-order valence-electron chi connectivity index (χ2n) is 9.64. The smallest absolute Gasteiger partial charge is 0.319 e. The molecule has 0 radical (unpaired) electrons. The Balaban J connectivity index is 1.33. The number of nitrogens with two attached hydrogens (primary N) is 1. The molecule has 10 heteroatoms. The molecule has 2 heterocycles. The lowest BCUT2D eigenvalue weighted by Crippen LogP contribution is -2.45. The number of imidazole rings is 1.